The number of ketones is 1. The highest BCUT2D eigenvalue weighted by molar-refractivity contribution is 5.90. The Morgan fingerprint density at radius 1 is 1.00 bits per heavy atom. The van der Waals surface area contributed by atoms with Crippen LogP contribution in [0.1, 0.15) is 51.4 Å². The Labute approximate surface area is 73.5 Å². The number of carbonyl (C=O) groups excluding carboxylic acids is 1. The summed E-state index contributed by atoms with van der Waals surface area (Å²) in [4.78, 5) is 11.8. The second kappa shape index (κ2) is 1.94. The number of Topliss-reactive ketones (excluding diaryl/α,β-unsaturated/α-hetero) is 1. The Morgan fingerprint density at radius 2 is 1.75 bits per heavy atom. The Kier molecular flexibility index (Phi) is 1.15. The van der Waals surface area contributed by atoms with Crippen molar-refractivity contribution in [2.24, 2.45) is 10.8 Å². The predicted molar refractivity (Wildman–Crippen MR) is 46.8 cm³/mol. The summed E-state index contributed by atoms with van der Waals surface area (Å²) >= 11 is 0. The third-order valence-corrected chi connectivity index (χ3v) is 4.63. The average molecular weight is 164 g/mol. The minimum Gasteiger partial charge on any atom is -0.299 e. The molecular weight excluding hydrogens is 148 g/mol. The van der Waals surface area contributed by atoms with E-state index in [1.807, 2.05) is 0 Å². The second-order valence-electron chi connectivity index (χ2n) is 5.02. The lowest BCUT2D eigenvalue weighted by Gasteiger charge is -2.33. The molecule has 12 heavy (non-hydrogen) atoms. The lowest BCUT2D eigenvalue weighted by molar-refractivity contribution is -0.128. The average Bonchev–Trinajstić information content (AvgIpc) is 2.75. The quantitative estimate of drug-likeness (QED) is 0.538. The first kappa shape index (κ1) is 7.11. The highest BCUT2D eigenvalue weighted by Crippen LogP contribution is 2.75. The van der Waals surface area contributed by atoms with Crippen molar-refractivity contribution >= 4 is 5.78 Å². The van der Waals surface area contributed by atoms with Crippen LogP contribution < -0.4 is 0 Å². The maximum absolute atomic E-state index is 11.8. The Morgan fingerprint density at radius 3 is 2.58 bits per heavy atom. The minimum absolute atomic E-state index is 0.240. The fraction of sp³-hybridized carbons (Fsp3) is 0.909. The molecule has 0 spiro atoms. The number of hydrogen-bond donors (Lipinski definition) is 0. The second-order valence-corrected chi connectivity index (χ2v) is 5.02. The van der Waals surface area contributed by atoms with Gasteiger partial charge in [0.25, 0.3) is 0 Å². The largest absolute Gasteiger partial charge is 0.299 e. The first-order valence-electron chi connectivity index (χ1n) is 5.33. The minimum atomic E-state index is 0.240. The van der Waals surface area contributed by atoms with Gasteiger partial charge in [-0.1, -0.05) is 12.8 Å². The van der Waals surface area contributed by atoms with Crippen LogP contribution in [-0.4, -0.2) is 5.78 Å². The fourth-order valence-corrected chi connectivity index (χ4v) is 3.92. The van der Waals surface area contributed by atoms with Crippen molar-refractivity contribution in [2.75, 3.05) is 0 Å². The number of hydrogen-bond acceptors (Lipinski definition) is 1. The van der Waals surface area contributed by atoms with E-state index in [0.717, 1.165) is 6.42 Å². The van der Waals surface area contributed by atoms with Gasteiger partial charge < -0.3 is 0 Å². The van der Waals surface area contributed by atoms with Crippen LogP contribution in [-0.2, 0) is 4.79 Å². The summed E-state index contributed by atoms with van der Waals surface area (Å²) < 4.78 is 0. The molecule has 0 amide bonds. The zero-order chi connectivity index (χ0) is 8.23. The van der Waals surface area contributed by atoms with Crippen LogP contribution in [0.5, 0.6) is 0 Å². The monoisotopic (exact) mass is 164 g/mol. The van der Waals surface area contributed by atoms with Crippen LogP contribution in [0.15, 0.2) is 0 Å². The van der Waals surface area contributed by atoms with Crippen molar-refractivity contribution in [3.05, 3.63) is 0 Å². The SMILES string of the molecule is O=C1CCC[C@]23CCCC[C@]12C3. The molecule has 0 saturated heterocycles. The van der Waals surface area contributed by atoms with E-state index in [2.05, 4.69) is 0 Å². The van der Waals surface area contributed by atoms with Crippen molar-refractivity contribution in [1.29, 1.82) is 0 Å². The predicted octanol–water partition coefficient (Wildman–Crippen LogP) is 2.69. The van der Waals surface area contributed by atoms with Crippen molar-refractivity contribution in [3.63, 3.8) is 0 Å². The van der Waals surface area contributed by atoms with Crippen molar-refractivity contribution < 1.29 is 4.79 Å². The maximum atomic E-state index is 11.8. The summed E-state index contributed by atoms with van der Waals surface area (Å²) in [5, 5.41) is 0. The van der Waals surface area contributed by atoms with Gasteiger partial charge in [-0.25, -0.2) is 0 Å². The van der Waals surface area contributed by atoms with Crippen LogP contribution in [0, 0.1) is 10.8 Å². The topological polar surface area (TPSA) is 17.1 Å². The maximum Gasteiger partial charge on any atom is 0.139 e. The van der Waals surface area contributed by atoms with Crippen LogP contribution in [0.25, 0.3) is 0 Å². The molecule has 0 bridgehead atoms. The molecular formula is C11H16O. The third-order valence-electron chi connectivity index (χ3n) is 4.63. The van der Waals surface area contributed by atoms with Crippen molar-refractivity contribution in [2.45, 2.75) is 51.4 Å². The van der Waals surface area contributed by atoms with E-state index in [4.69, 9.17) is 0 Å². The zero-order valence-corrected chi connectivity index (χ0v) is 7.57. The van der Waals surface area contributed by atoms with Gasteiger partial charge in [0.15, 0.2) is 0 Å². The molecule has 3 aliphatic rings. The summed E-state index contributed by atoms with van der Waals surface area (Å²) in [6.45, 7) is 0. The van der Waals surface area contributed by atoms with Crippen molar-refractivity contribution in [3.8, 4) is 0 Å². The highest BCUT2D eigenvalue weighted by Gasteiger charge is 2.71. The van der Waals surface area contributed by atoms with Crippen LogP contribution in [0.3, 0.4) is 0 Å². The van der Waals surface area contributed by atoms with E-state index >= 15 is 0 Å². The lowest BCUT2D eigenvalue weighted by Crippen LogP contribution is -2.31. The molecule has 0 aromatic heterocycles. The Balaban J connectivity index is 1.97. The standard InChI is InChI=1S/C11H16O/c12-9-4-3-6-10-5-1-2-7-11(9,10)8-10/h1-8H2/t10-,11-/m0/s1. The Bertz CT molecular complexity index is 241. The summed E-state index contributed by atoms with van der Waals surface area (Å²) in [6, 6.07) is 0. The molecule has 0 aliphatic heterocycles. The van der Waals surface area contributed by atoms with Crippen molar-refractivity contribution in [1.82, 2.24) is 0 Å². The molecule has 0 unspecified atom stereocenters. The van der Waals surface area contributed by atoms with E-state index in [1.54, 1.807) is 0 Å². The van der Waals surface area contributed by atoms with Gasteiger partial charge in [0.1, 0.15) is 5.78 Å². The molecule has 0 radical (unpaired) electrons. The summed E-state index contributed by atoms with van der Waals surface area (Å²) in [5.41, 5.74) is 0.782. The molecule has 3 rings (SSSR count). The number of carbonyl (C=O) groups is 1. The third kappa shape index (κ3) is 0.605. The van der Waals surface area contributed by atoms with E-state index in [0.29, 0.717) is 11.2 Å². The molecule has 1 nitrogen and oxygen atoms in total. The molecule has 1 heteroatoms. The molecule has 0 aromatic carbocycles. The fourth-order valence-electron chi connectivity index (χ4n) is 3.92. The van der Waals surface area contributed by atoms with E-state index in [9.17, 15) is 4.79 Å². The van der Waals surface area contributed by atoms with Crippen LogP contribution >= 0.6 is 0 Å². The molecule has 0 heterocycles. The molecule has 3 fully saturated rings. The van der Waals surface area contributed by atoms with E-state index < -0.39 is 0 Å². The van der Waals surface area contributed by atoms with Gasteiger partial charge in [-0.05, 0) is 37.5 Å². The molecule has 2 atom stereocenters. The van der Waals surface area contributed by atoms with Gasteiger partial charge in [-0.15, -0.1) is 0 Å². The normalized spacial score (nSPS) is 51.2. The van der Waals surface area contributed by atoms with Crippen LogP contribution in [0.2, 0.25) is 0 Å². The zero-order valence-electron chi connectivity index (χ0n) is 7.57. The molecule has 66 valence electrons. The lowest BCUT2D eigenvalue weighted by atomic mass is 9.70. The summed E-state index contributed by atoms with van der Waals surface area (Å²) in [5.74, 6) is 0.619. The summed E-state index contributed by atoms with van der Waals surface area (Å²) in [7, 11) is 0. The molecule has 0 aromatic rings. The summed E-state index contributed by atoms with van der Waals surface area (Å²) in [6.07, 6.45) is 9.98. The van der Waals surface area contributed by atoms with Gasteiger partial charge >= 0.3 is 0 Å². The highest BCUT2D eigenvalue weighted by atomic mass is 16.1. The Hall–Kier alpha value is -0.330. The van der Waals surface area contributed by atoms with Gasteiger partial charge in [-0.2, -0.15) is 0 Å². The molecule has 0 N–H and O–H groups in total. The first-order chi connectivity index (χ1) is 5.79. The molecule has 3 aliphatic carbocycles. The molecule has 3 saturated carbocycles. The van der Waals surface area contributed by atoms with Gasteiger partial charge in [0, 0.05) is 11.8 Å². The van der Waals surface area contributed by atoms with Crippen LogP contribution in [0.4, 0.5) is 0 Å². The first-order valence-corrected chi connectivity index (χ1v) is 5.33. The van der Waals surface area contributed by atoms with E-state index in [1.165, 1.54) is 44.9 Å². The van der Waals surface area contributed by atoms with Gasteiger partial charge in [-0.3, -0.25) is 4.79 Å². The van der Waals surface area contributed by atoms with E-state index in [-0.39, 0.29) is 5.41 Å². The smallest absolute Gasteiger partial charge is 0.139 e. The van der Waals surface area contributed by atoms with Gasteiger partial charge in [0.05, 0.1) is 0 Å². The number of rotatable bonds is 0. The van der Waals surface area contributed by atoms with Gasteiger partial charge in [0.2, 0.25) is 0 Å².